The van der Waals surface area contributed by atoms with E-state index in [1.807, 2.05) is 20.8 Å². The summed E-state index contributed by atoms with van der Waals surface area (Å²) in [6.45, 7) is 5.93. The van der Waals surface area contributed by atoms with E-state index in [9.17, 15) is 4.79 Å². The summed E-state index contributed by atoms with van der Waals surface area (Å²) in [5, 5.41) is 11.9. The van der Waals surface area contributed by atoms with Crippen molar-refractivity contribution in [1.82, 2.24) is 10.3 Å². The van der Waals surface area contributed by atoms with Crippen LogP contribution in [-0.2, 0) is 0 Å². The van der Waals surface area contributed by atoms with Gasteiger partial charge >= 0.3 is 0 Å². The molecule has 102 valence electrons. The third-order valence-corrected chi connectivity index (χ3v) is 2.90. The summed E-state index contributed by atoms with van der Waals surface area (Å²) in [5.74, 6) is -0.0983. The molecular weight excluding hydrogens is 262 g/mol. The zero-order valence-corrected chi connectivity index (χ0v) is 12.2. The van der Waals surface area contributed by atoms with E-state index in [1.165, 1.54) is 6.07 Å². The van der Waals surface area contributed by atoms with Gasteiger partial charge in [-0.25, -0.2) is 4.98 Å². The molecule has 0 bridgehead atoms. The fourth-order valence-electron chi connectivity index (χ4n) is 1.64. The Hall–Kier alpha value is -1.60. The lowest BCUT2D eigenvalue weighted by atomic mass is 10.1. The number of nitrogens with zero attached hydrogens (tertiary/aromatic N) is 2. The Morgan fingerprint density at radius 3 is 2.74 bits per heavy atom. The minimum absolute atomic E-state index is 0.188. The summed E-state index contributed by atoms with van der Waals surface area (Å²) in [6, 6.07) is 4.84. The number of hydrogen-bond donors (Lipinski definition) is 1. The summed E-state index contributed by atoms with van der Waals surface area (Å²) < 4.78 is 0. The van der Waals surface area contributed by atoms with Crippen molar-refractivity contribution in [3.05, 3.63) is 28.5 Å². The number of nitrogens with one attached hydrogen (secondary N) is 1. The number of rotatable bonds is 5. The van der Waals surface area contributed by atoms with Gasteiger partial charge in [0, 0.05) is 11.3 Å². The molecule has 0 aliphatic carbocycles. The van der Waals surface area contributed by atoms with Crippen LogP contribution >= 0.6 is 11.6 Å². The van der Waals surface area contributed by atoms with Crippen LogP contribution in [0.5, 0.6) is 0 Å². The van der Waals surface area contributed by atoms with E-state index in [2.05, 4.69) is 16.4 Å². The molecule has 0 radical (unpaired) electrons. The van der Waals surface area contributed by atoms with Crippen LogP contribution in [0, 0.1) is 11.3 Å². The molecule has 0 spiro atoms. The Labute approximate surface area is 118 Å². The van der Waals surface area contributed by atoms with Gasteiger partial charge in [-0.1, -0.05) is 38.8 Å². The monoisotopic (exact) mass is 279 g/mol. The first-order valence-electron chi connectivity index (χ1n) is 6.35. The SMILES string of the molecule is CCCC(C#N)NC(=O)c1cc(Cl)nc(C(C)C)c1. The third kappa shape index (κ3) is 4.53. The molecule has 0 saturated heterocycles. The molecule has 0 saturated carbocycles. The molecule has 0 aliphatic rings. The van der Waals surface area contributed by atoms with E-state index in [0.29, 0.717) is 17.1 Å². The van der Waals surface area contributed by atoms with E-state index in [1.54, 1.807) is 6.07 Å². The second-order valence-electron chi connectivity index (χ2n) is 4.70. The maximum atomic E-state index is 12.1. The molecular formula is C14H18ClN3O. The van der Waals surface area contributed by atoms with Gasteiger partial charge in [0.25, 0.3) is 5.91 Å². The lowest BCUT2D eigenvalue weighted by molar-refractivity contribution is 0.0943. The number of carbonyl (C=O) groups excluding carboxylic acids is 1. The lowest BCUT2D eigenvalue weighted by Gasteiger charge is -2.12. The Bertz CT molecular complexity index is 494. The van der Waals surface area contributed by atoms with E-state index in [-0.39, 0.29) is 11.8 Å². The van der Waals surface area contributed by atoms with Crippen molar-refractivity contribution in [1.29, 1.82) is 5.26 Å². The Morgan fingerprint density at radius 2 is 2.21 bits per heavy atom. The van der Waals surface area contributed by atoms with Crippen LogP contribution in [0.2, 0.25) is 5.15 Å². The zero-order chi connectivity index (χ0) is 14.4. The molecule has 1 aromatic rings. The molecule has 1 heterocycles. The van der Waals surface area contributed by atoms with Crippen LogP contribution in [-0.4, -0.2) is 16.9 Å². The highest BCUT2D eigenvalue weighted by atomic mass is 35.5. The first kappa shape index (κ1) is 15.5. The average Bonchev–Trinajstić information content (AvgIpc) is 2.37. The van der Waals surface area contributed by atoms with E-state index < -0.39 is 6.04 Å². The fourth-order valence-corrected chi connectivity index (χ4v) is 1.86. The molecule has 1 unspecified atom stereocenters. The van der Waals surface area contributed by atoms with E-state index in [4.69, 9.17) is 16.9 Å². The predicted molar refractivity (Wildman–Crippen MR) is 75.1 cm³/mol. The first-order chi connectivity index (χ1) is 8.97. The molecule has 0 aliphatic heterocycles. The molecule has 0 aromatic carbocycles. The standard InChI is InChI=1S/C14H18ClN3O/c1-4-5-11(8-16)17-14(19)10-6-12(9(2)3)18-13(15)7-10/h6-7,9,11H,4-5H2,1-3H3,(H,17,19). The molecule has 0 fully saturated rings. The van der Waals surface area contributed by atoms with Crippen LogP contribution in [0.15, 0.2) is 12.1 Å². The number of aromatic nitrogens is 1. The number of hydrogen-bond acceptors (Lipinski definition) is 3. The van der Waals surface area contributed by atoms with Crippen LogP contribution in [0.25, 0.3) is 0 Å². The number of carbonyl (C=O) groups is 1. The van der Waals surface area contributed by atoms with Crippen molar-refractivity contribution in [2.24, 2.45) is 0 Å². The third-order valence-electron chi connectivity index (χ3n) is 2.71. The normalized spacial score (nSPS) is 12.0. The highest BCUT2D eigenvalue weighted by Gasteiger charge is 2.15. The van der Waals surface area contributed by atoms with Gasteiger partial charge in [0.1, 0.15) is 11.2 Å². The molecule has 1 atom stereocenters. The van der Waals surface area contributed by atoms with Gasteiger partial charge in [0.05, 0.1) is 6.07 Å². The second kappa shape index (κ2) is 7.10. The van der Waals surface area contributed by atoms with Crippen molar-refractivity contribution in [2.75, 3.05) is 0 Å². The minimum Gasteiger partial charge on any atom is -0.336 e. The molecule has 19 heavy (non-hydrogen) atoms. The molecule has 1 aromatic heterocycles. The molecule has 1 N–H and O–H groups in total. The highest BCUT2D eigenvalue weighted by molar-refractivity contribution is 6.29. The van der Waals surface area contributed by atoms with Gasteiger partial charge in [0.15, 0.2) is 0 Å². The molecule has 5 heteroatoms. The summed E-state index contributed by atoms with van der Waals surface area (Å²) in [6.07, 6.45) is 1.48. The first-order valence-corrected chi connectivity index (χ1v) is 6.73. The van der Waals surface area contributed by atoms with Crippen LogP contribution in [0.1, 0.15) is 55.6 Å². The summed E-state index contributed by atoms with van der Waals surface area (Å²) in [4.78, 5) is 16.2. The molecule has 1 rings (SSSR count). The van der Waals surface area contributed by atoms with Crippen LogP contribution < -0.4 is 5.32 Å². The number of halogens is 1. The van der Waals surface area contributed by atoms with Crippen LogP contribution in [0.3, 0.4) is 0 Å². The lowest BCUT2D eigenvalue weighted by Crippen LogP contribution is -2.33. The Morgan fingerprint density at radius 1 is 1.53 bits per heavy atom. The van der Waals surface area contributed by atoms with Crippen molar-refractivity contribution in [2.45, 2.75) is 45.6 Å². The van der Waals surface area contributed by atoms with Gasteiger partial charge in [-0.15, -0.1) is 0 Å². The summed E-state index contributed by atoms with van der Waals surface area (Å²) in [5.41, 5.74) is 1.21. The number of pyridine rings is 1. The fraction of sp³-hybridized carbons (Fsp3) is 0.500. The largest absolute Gasteiger partial charge is 0.336 e. The van der Waals surface area contributed by atoms with Gasteiger partial charge in [-0.3, -0.25) is 4.79 Å². The van der Waals surface area contributed by atoms with Crippen molar-refractivity contribution >= 4 is 17.5 Å². The summed E-state index contributed by atoms with van der Waals surface area (Å²) >= 11 is 5.91. The quantitative estimate of drug-likeness (QED) is 0.841. The van der Waals surface area contributed by atoms with Gasteiger partial charge in [-0.2, -0.15) is 5.26 Å². The highest BCUT2D eigenvalue weighted by Crippen LogP contribution is 2.17. The van der Waals surface area contributed by atoms with Crippen LogP contribution in [0.4, 0.5) is 0 Å². The van der Waals surface area contributed by atoms with Crippen molar-refractivity contribution in [3.8, 4) is 6.07 Å². The Kier molecular flexibility index (Phi) is 5.78. The smallest absolute Gasteiger partial charge is 0.252 e. The van der Waals surface area contributed by atoms with Gasteiger partial charge in [-0.05, 0) is 24.5 Å². The maximum absolute atomic E-state index is 12.1. The molecule has 1 amide bonds. The molecule has 4 nitrogen and oxygen atoms in total. The second-order valence-corrected chi connectivity index (χ2v) is 5.09. The minimum atomic E-state index is -0.466. The predicted octanol–water partition coefficient (Wildman–Crippen LogP) is 3.28. The van der Waals surface area contributed by atoms with Gasteiger partial charge < -0.3 is 5.32 Å². The average molecular weight is 280 g/mol. The van der Waals surface area contributed by atoms with Gasteiger partial charge in [0.2, 0.25) is 0 Å². The topological polar surface area (TPSA) is 65.8 Å². The van der Waals surface area contributed by atoms with E-state index >= 15 is 0 Å². The maximum Gasteiger partial charge on any atom is 0.252 e. The van der Waals surface area contributed by atoms with E-state index in [0.717, 1.165) is 12.1 Å². The van der Waals surface area contributed by atoms with Crippen molar-refractivity contribution in [3.63, 3.8) is 0 Å². The summed E-state index contributed by atoms with van der Waals surface area (Å²) in [7, 11) is 0. The zero-order valence-electron chi connectivity index (χ0n) is 11.4. The van der Waals surface area contributed by atoms with Crippen molar-refractivity contribution < 1.29 is 4.79 Å². The number of nitriles is 1. The number of amides is 1. The Balaban J connectivity index is 2.91.